The van der Waals surface area contributed by atoms with Gasteiger partial charge in [0, 0.05) is 31.4 Å². The van der Waals surface area contributed by atoms with Crippen LogP contribution >= 0.6 is 0 Å². The van der Waals surface area contributed by atoms with Crippen molar-refractivity contribution in [1.82, 2.24) is 15.0 Å². The van der Waals surface area contributed by atoms with Crippen LogP contribution in [0.15, 0.2) is 24.5 Å². The number of hydrogen-bond donors (Lipinski definition) is 2. The zero-order valence-electron chi connectivity index (χ0n) is 17.2. The summed E-state index contributed by atoms with van der Waals surface area (Å²) >= 11 is 0. The van der Waals surface area contributed by atoms with Crippen molar-refractivity contribution in [3.8, 4) is 5.75 Å². The average Bonchev–Trinajstić information content (AvgIpc) is 2.75. The number of rotatable bonds is 8. The molecule has 174 valence electrons. The minimum absolute atomic E-state index is 0.0537. The maximum atomic E-state index is 13.1. The molecule has 0 bridgehead atoms. The van der Waals surface area contributed by atoms with Crippen molar-refractivity contribution in [3.05, 3.63) is 35.9 Å². The smallest absolute Gasteiger partial charge is 0.437 e. The van der Waals surface area contributed by atoms with Crippen LogP contribution in [-0.2, 0) is 6.18 Å². The Morgan fingerprint density at radius 2 is 2.09 bits per heavy atom. The number of halogens is 5. The van der Waals surface area contributed by atoms with Gasteiger partial charge in [0.2, 0.25) is 0 Å². The van der Waals surface area contributed by atoms with Crippen LogP contribution in [0, 0.1) is 17.2 Å². The first-order valence-electron chi connectivity index (χ1n) is 9.96. The summed E-state index contributed by atoms with van der Waals surface area (Å²) in [5.74, 6) is 0.283. The molecule has 0 amide bonds. The molecule has 0 radical (unpaired) electrons. The molecule has 1 aliphatic heterocycles. The van der Waals surface area contributed by atoms with E-state index in [9.17, 15) is 22.0 Å². The van der Waals surface area contributed by atoms with Crippen LogP contribution in [0.4, 0.5) is 33.6 Å². The van der Waals surface area contributed by atoms with E-state index in [0.717, 1.165) is 18.8 Å². The molecule has 32 heavy (non-hydrogen) atoms. The summed E-state index contributed by atoms with van der Waals surface area (Å²) in [6, 6.07) is 2.62. The van der Waals surface area contributed by atoms with Gasteiger partial charge in [0.15, 0.2) is 11.5 Å². The van der Waals surface area contributed by atoms with Gasteiger partial charge in [0.25, 0.3) is 6.43 Å². The minimum atomic E-state index is -4.61. The quantitative estimate of drug-likeness (QED) is 0.458. The number of piperidine rings is 1. The Bertz CT molecular complexity index is 926. The Morgan fingerprint density at radius 1 is 1.31 bits per heavy atom. The number of pyridine rings is 1. The Hall–Kier alpha value is -3.05. The molecular weight excluding hydrogens is 435 g/mol. The fourth-order valence-electron chi connectivity index (χ4n) is 3.67. The summed E-state index contributed by atoms with van der Waals surface area (Å²) in [4.78, 5) is 13.7. The second-order valence-corrected chi connectivity index (χ2v) is 7.65. The molecule has 3 rings (SSSR count). The Labute approximate surface area is 181 Å². The normalized spacial score (nSPS) is 19.2. The lowest BCUT2D eigenvalue weighted by Gasteiger charge is -2.37. The highest BCUT2D eigenvalue weighted by molar-refractivity contribution is 5.81. The Morgan fingerprint density at radius 3 is 2.78 bits per heavy atom. The molecule has 3 heterocycles. The first-order chi connectivity index (χ1) is 15.2. The molecule has 1 saturated heterocycles. The van der Waals surface area contributed by atoms with Crippen LogP contribution in [0.1, 0.15) is 24.7 Å². The summed E-state index contributed by atoms with van der Waals surface area (Å²) in [6.07, 6.45) is -3.03. The number of aromatic nitrogens is 3. The Balaban J connectivity index is 1.72. The first kappa shape index (κ1) is 23.6. The van der Waals surface area contributed by atoms with Gasteiger partial charge in [-0.2, -0.15) is 13.2 Å². The van der Waals surface area contributed by atoms with Gasteiger partial charge in [0.1, 0.15) is 17.3 Å². The van der Waals surface area contributed by atoms with E-state index in [1.165, 1.54) is 18.3 Å². The number of hydrogen-bond acceptors (Lipinski definition) is 7. The summed E-state index contributed by atoms with van der Waals surface area (Å²) in [7, 11) is 0. The zero-order chi connectivity index (χ0) is 23.3. The average molecular weight is 458 g/mol. The van der Waals surface area contributed by atoms with Crippen molar-refractivity contribution in [2.75, 3.05) is 36.5 Å². The molecule has 2 aromatic rings. The van der Waals surface area contributed by atoms with E-state index in [2.05, 4.69) is 20.3 Å². The number of ether oxygens (including phenoxy) is 1. The van der Waals surface area contributed by atoms with Crippen molar-refractivity contribution < 1.29 is 26.7 Å². The third kappa shape index (κ3) is 6.01. The summed E-state index contributed by atoms with van der Waals surface area (Å²) < 4.78 is 70.0. The second-order valence-electron chi connectivity index (χ2n) is 7.65. The van der Waals surface area contributed by atoms with Gasteiger partial charge in [-0.25, -0.2) is 23.7 Å². The topological polar surface area (TPSA) is 87.0 Å². The largest absolute Gasteiger partial charge is 0.491 e. The summed E-state index contributed by atoms with van der Waals surface area (Å²) in [6.45, 7) is 2.49. The molecule has 2 aromatic heterocycles. The van der Waals surface area contributed by atoms with E-state index < -0.39 is 24.8 Å². The second kappa shape index (κ2) is 10.0. The fraction of sp³-hybridized carbons (Fsp3) is 0.500. The summed E-state index contributed by atoms with van der Waals surface area (Å²) in [5, 5.41) is 9.87. The lowest BCUT2D eigenvalue weighted by molar-refractivity contribution is -0.142. The highest BCUT2D eigenvalue weighted by atomic mass is 19.4. The molecule has 0 aromatic carbocycles. The predicted molar refractivity (Wildman–Crippen MR) is 109 cm³/mol. The molecule has 0 saturated carbocycles. The lowest BCUT2D eigenvalue weighted by atomic mass is 9.91. The Kier molecular flexibility index (Phi) is 7.41. The third-order valence-electron chi connectivity index (χ3n) is 4.93. The van der Waals surface area contributed by atoms with Gasteiger partial charge in [-0.3, -0.25) is 0 Å². The SMILES string of the molecule is C[C@H]1C[C@H](COc2cccnc2C(F)(F)F)CN(c2cnc(C=N)c(NCC(F)F)n2)C1. The van der Waals surface area contributed by atoms with Gasteiger partial charge in [-0.1, -0.05) is 6.92 Å². The first-order valence-corrected chi connectivity index (χ1v) is 9.96. The number of alkyl halides is 5. The third-order valence-corrected chi connectivity index (χ3v) is 4.93. The van der Waals surface area contributed by atoms with E-state index in [0.29, 0.717) is 18.9 Å². The molecule has 7 nitrogen and oxygen atoms in total. The van der Waals surface area contributed by atoms with Crippen LogP contribution in [-0.4, -0.2) is 53.8 Å². The van der Waals surface area contributed by atoms with Gasteiger partial charge in [-0.05, 0) is 24.5 Å². The molecular formula is C20H23F5N6O. The van der Waals surface area contributed by atoms with Crippen molar-refractivity contribution in [3.63, 3.8) is 0 Å². The van der Waals surface area contributed by atoms with Crippen molar-refractivity contribution in [1.29, 1.82) is 5.41 Å². The van der Waals surface area contributed by atoms with Crippen LogP contribution < -0.4 is 15.0 Å². The van der Waals surface area contributed by atoms with E-state index in [1.54, 1.807) is 0 Å². The van der Waals surface area contributed by atoms with Crippen LogP contribution in [0.3, 0.4) is 0 Å². The van der Waals surface area contributed by atoms with Crippen molar-refractivity contribution in [2.45, 2.75) is 25.9 Å². The highest BCUT2D eigenvalue weighted by Crippen LogP contribution is 2.35. The molecule has 0 spiro atoms. The highest BCUT2D eigenvalue weighted by Gasteiger charge is 2.36. The number of anilines is 2. The predicted octanol–water partition coefficient (Wildman–Crippen LogP) is 4.11. The molecule has 0 aliphatic carbocycles. The van der Waals surface area contributed by atoms with Crippen LogP contribution in [0.2, 0.25) is 0 Å². The lowest BCUT2D eigenvalue weighted by Crippen LogP contribution is -2.42. The maximum Gasteiger partial charge on any atom is 0.437 e. The van der Waals surface area contributed by atoms with Crippen LogP contribution in [0.5, 0.6) is 5.75 Å². The van der Waals surface area contributed by atoms with Gasteiger partial charge in [-0.15, -0.1) is 0 Å². The van der Waals surface area contributed by atoms with Crippen LogP contribution in [0.25, 0.3) is 0 Å². The van der Waals surface area contributed by atoms with Crippen molar-refractivity contribution in [2.24, 2.45) is 11.8 Å². The molecule has 1 fully saturated rings. The maximum absolute atomic E-state index is 13.1. The number of nitrogens with zero attached hydrogens (tertiary/aromatic N) is 4. The molecule has 2 atom stereocenters. The molecule has 0 unspecified atom stereocenters. The van der Waals surface area contributed by atoms with Crippen molar-refractivity contribution >= 4 is 17.9 Å². The summed E-state index contributed by atoms with van der Waals surface area (Å²) in [5.41, 5.74) is -0.931. The van der Waals surface area contributed by atoms with Gasteiger partial charge in [0.05, 0.1) is 19.3 Å². The van der Waals surface area contributed by atoms with E-state index >= 15 is 0 Å². The fourth-order valence-corrected chi connectivity index (χ4v) is 3.67. The van der Waals surface area contributed by atoms with E-state index in [4.69, 9.17) is 10.1 Å². The minimum Gasteiger partial charge on any atom is -0.491 e. The standard InChI is InChI=1S/C20H23F5N6O/c1-12-5-13(11-32-15-3-2-4-27-18(15)20(23,24)25)10-31(9-12)17-8-28-14(6-26)19(30-17)29-7-16(21)22/h2-4,6,8,12-13,16,26H,5,7,9-11H2,1H3,(H,29,30)/t12-,13-/m0/s1. The molecule has 2 N–H and O–H groups in total. The van der Waals surface area contributed by atoms with E-state index in [1.807, 2.05) is 11.8 Å². The van der Waals surface area contributed by atoms with Gasteiger partial charge < -0.3 is 20.4 Å². The zero-order valence-corrected chi connectivity index (χ0v) is 17.2. The van der Waals surface area contributed by atoms with Gasteiger partial charge >= 0.3 is 6.18 Å². The van der Waals surface area contributed by atoms with E-state index in [-0.39, 0.29) is 35.7 Å². The monoisotopic (exact) mass is 458 g/mol. The number of nitrogens with one attached hydrogen (secondary N) is 2. The molecule has 1 aliphatic rings. The molecule has 12 heteroatoms.